The number of hydrogen-bond donors (Lipinski definition) is 2. The van der Waals surface area contributed by atoms with Crippen LogP contribution in [0.5, 0.6) is 5.75 Å². The zero-order chi connectivity index (χ0) is 20.6. The van der Waals surface area contributed by atoms with Gasteiger partial charge in [-0.2, -0.15) is 0 Å². The molecule has 156 valence electrons. The van der Waals surface area contributed by atoms with E-state index in [0.29, 0.717) is 5.56 Å². The van der Waals surface area contributed by atoms with Crippen LogP contribution in [0.15, 0.2) is 24.3 Å². The van der Waals surface area contributed by atoms with Gasteiger partial charge in [0.2, 0.25) is 5.91 Å². The van der Waals surface area contributed by atoms with Crippen molar-refractivity contribution in [2.45, 2.75) is 62.1 Å². The number of amides is 1. The molecular formula is C18H20F5NO4. The summed E-state index contributed by atoms with van der Waals surface area (Å²) >= 11 is 0. The van der Waals surface area contributed by atoms with Crippen LogP contribution in [-0.2, 0) is 9.53 Å². The Morgan fingerprint density at radius 2 is 1.96 bits per heavy atom. The molecule has 0 unspecified atom stereocenters. The molecule has 28 heavy (non-hydrogen) atoms. The Morgan fingerprint density at radius 3 is 2.54 bits per heavy atom. The lowest BCUT2D eigenvalue weighted by Gasteiger charge is -2.42. The first-order valence-electron chi connectivity index (χ1n) is 8.80. The summed E-state index contributed by atoms with van der Waals surface area (Å²) in [5.74, 6) is -4.13. The van der Waals surface area contributed by atoms with E-state index < -0.39 is 54.8 Å². The van der Waals surface area contributed by atoms with Crippen LogP contribution in [0.25, 0.3) is 0 Å². The zero-order valence-corrected chi connectivity index (χ0v) is 14.8. The van der Waals surface area contributed by atoms with Gasteiger partial charge in [0.15, 0.2) is 0 Å². The Labute approximate surface area is 157 Å². The normalized spacial score (nSPS) is 21.5. The number of benzene rings is 1. The van der Waals surface area contributed by atoms with Crippen LogP contribution in [0.4, 0.5) is 22.0 Å². The molecule has 2 aliphatic rings. The summed E-state index contributed by atoms with van der Waals surface area (Å²) in [5.41, 5.74) is -1.47. The summed E-state index contributed by atoms with van der Waals surface area (Å²) in [6.07, 6.45) is -5.25. The number of nitrogens with one attached hydrogen (secondary N) is 1. The lowest BCUT2D eigenvalue weighted by Crippen LogP contribution is -2.54. The zero-order valence-electron chi connectivity index (χ0n) is 14.8. The van der Waals surface area contributed by atoms with Gasteiger partial charge in [0.25, 0.3) is 5.92 Å². The smallest absolute Gasteiger partial charge is 0.406 e. The molecule has 0 spiro atoms. The summed E-state index contributed by atoms with van der Waals surface area (Å²) in [5, 5.41) is 12.5. The van der Waals surface area contributed by atoms with Crippen molar-refractivity contribution in [3.8, 4) is 5.75 Å². The van der Waals surface area contributed by atoms with Gasteiger partial charge in [-0.05, 0) is 30.5 Å². The molecule has 0 aliphatic heterocycles. The van der Waals surface area contributed by atoms with Crippen molar-refractivity contribution < 1.29 is 41.3 Å². The second-order valence-corrected chi connectivity index (χ2v) is 7.38. The molecule has 3 rings (SSSR count). The van der Waals surface area contributed by atoms with Gasteiger partial charge in [-0.25, -0.2) is 8.78 Å². The number of hydrogen-bond acceptors (Lipinski definition) is 4. The molecule has 1 amide bonds. The molecule has 0 radical (unpaired) electrons. The van der Waals surface area contributed by atoms with Crippen molar-refractivity contribution in [1.29, 1.82) is 0 Å². The molecular weight excluding hydrogens is 389 g/mol. The van der Waals surface area contributed by atoms with Gasteiger partial charge in [-0.15, -0.1) is 13.2 Å². The predicted octanol–water partition coefficient (Wildman–Crippen LogP) is 3.47. The van der Waals surface area contributed by atoms with E-state index in [0.717, 1.165) is 25.0 Å². The number of aliphatic hydroxyl groups is 1. The fraction of sp³-hybridized carbons (Fsp3) is 0.611. The van der Waals surface area contributed by atoms with Crippen LogP contribution in [0.3, 0.4) is 0 Å². The second kappa shape index (κ2) is 7.47. The minimum atomic E-state index is -4.86. The van der Waals surface area contributed by atoms with Crippen molar-refractivity contribution in [2.24, 2.45) is 0 Å². The third kappa shape index (κ3) is 6.03. The maximum absolute atomic E-state index is 13.0. The van der Waals surface area contributed by atoms with Crippen LogP contribution in [0.1, 0.15) is 43.7 Å². The monoisotopic (exact) mass is 409 g/mol. The summed E-state index contributed by atoms with van der Waals surface area (Å²) in [6, 6.07) is 4.27. The number of carbonyl (C=O) groups excluding carboxylic acids is 1. The maximum Gasteiger partial charge on any atom is 0.573 e. The van der Waals surface area contributed by atoms with Crippen LogP contribution in [-0.4, -0.2) is 41.6 Å². The minimum Gasteiger partial charge on any atom is -0.406 e. The standard InChI is InChI=1S/C18H20F5NO4/c19-17(20)9-16(26,10-17)7-15(25)24-14(8-27-12-4-5-12)11-2-1-3-13(6-11)28-18(21,22)23/h1-3,6,12,14,26H,4-5,7-10H2,(H,24,25)/t14-/m0/s1. The molecule has 1 atom stereocenters. The van der Waals surface area contributed by atoms with E-state index in [2.05, 4.69) is 10.1 Å². The first-order chi connectivity index (χ1) is 12.9. The molecule has 2 saturated carbocycles. The van der Waals surface area contributed by atoms with Crippen molar-refractivity contribution in [1.82, 2.24) is 5.32 Å². The quantitative estimate of drug-likeness (QED) is 0.646. The van der Waals surface area contributed by atoms with E-state index in [-0.39, 0.29) is 12.7 Å². The average Bonchev–Trinajstić information content (AvgIpc) is 3.31. The molecule has 2 fully saturated rings. The molecule has 2 aliphatic carbocycles. The Hall–Kier alpha value is -1.94. The highest BCUT2D eigenvalue weighted by Gasteiger charge is 2.56. The molecule has 10 heteroatoms. The molecule has 1 aromatic rings. The predicted molar refractivity (Wildman–Crippen MR) is 86.7 cm³/mol. The molecule has 5 nitrogen and oxygen atoms in total. The number of rotatable bonds is 8. The largest absolute Gasteiger partial charge is 0.573 e. The number of alkyl halides is 5. The van der Waals surface area contributed by atoms with Gasteiger partial charge in [-0.3, -0.25) is 4.79 Å². The number of ether oxygens (including phenoxy) is 2. The molecule has 1 aromatic carbocycles. The molecule has 0 aromatic heterocycles. The summed E-state index contributed by atoms with van der Waals surface area (Å²) in [7, 11) is 0. The van der Waals surface area contributed by atoms with E-state index in [1.807, 2.05) is 0 Å². The third-order valence-electron chi connectivity index (χ3n) is 4.52. The number of carbonyl (C=O) groups is 1. The van der Waals surface area contributed by atoms with E-state index in [9.17, 15) is 31.9 Å². The van der Waals surface area contributed by atoms with Gasteiger partial charge >= 0.3 is 6.36 Å². The van der Waals surface area contributed by atoms with E-state index >= 15 is 0 Å². The molecule has 0 bridgehead atoms. The first kappa shape index (κ1) is 20.8. The lowest BCUT2D eigenvalue weighted by atomic mass is 9.74. The summed E-state index contributed by atoms with van der Waals surface area (Å²) < 4.78 is 72.7. The third-order valence-corrected chi connectivity index (χ3v) is 4.52. The first-order valence-corrected chi connectivity index (χ1v) is 8.80. The van der Waals surface area contributed by atoms with Crippen LogP contribution in [0.2, 0.25) is 0 Å². The molecule has 0 saturated heterocycles. The molecule has 2 N–H and O–H groups in total. The van der Waals surface area contributed by atoms with Gasteiger partial charge < -0.3 is 19.9 Å². The van der Waals surface area contributed by atoms with Crippen molar-refractivity contribution in [3.63, 3.8) is 0 Å². The van der Waals surface area contributed by atoms with Crippen LogP contribution >= 0.6 is 0 Å². The maximum atomic E-state index is 13.0. The Morgan fingerprint density at radius 1 is 1.29 bits per heavy atom. The Kier molecular flexibility index (Phi) is 5.55. The average molecular weight is 409 g/mol. The van der Waals surface area contributed by atoms with Crippen LogP contribution < -0.4 is 10.1 Å². The van der Waals surface area contributed by atoms with Gasteiger partial charge in [-0.1, -0.05) is 12.1 Å². The number of halogens is 5. The van der Waals surface area contributed by atoms with E-state index in [4.69, 9.17) is 4.74 Å². The summed E-state index contributed by atoms with van der Waals surface area (Å²) in [6.45, 7) is 0.000462. The van der Waals surface area contributed by atoms with E-state index in [1.165, 1.54) is 12.1 Å². The van der Waals surface area contributed by atoms with Gasteiger partial charge in [0.05, 0.1) is 30.8 Å². The topological polar surface area (TPSA) is 67.8 Å². The fourth-order valence-electron chi connectivity index (χ4n) is 3.20. The highest BCUT2D eigenvalue weighted by Crippen LogP contribution is 2.47. The Balaban J connectivity index is 1.66. The SMILES string of the molecule is O=C(CC1(O)CC(F)(F)C1)N[C@@H](COC1CC1)c1cccc(OC(F)(F)F)c1. The van der Waals surface area contributed by atoms with Gasteiger partial charge in [0, 0.05) is 12.8 Å². The highest BCUT2D eigenvalue weighted by molar-refractivity contribution is 5.77. The lowest BCUT2D eigenvalue weighted by molar-refractivity contribution is -0.274. The van der Waals surface area contributed by atoms with Gasteiger partial charge in [0.1, 0.15) is 5.75 Å². The molecule has 0 heterocycles. The second-order valence-electron chi connectivity index (χ2n) is 7.38. The van der Waals surface area contributed by atoms with Crippen LogP contribution in [0, 0.1) is 0 Å². The minimum absolute atomic E-state index is 0.000462. The Bertz CT molecular complexity index is 712. The van der Waals surface area contributed by atoms with Crippen molar-refractivity contribution in [3.05, 3.63) is 29.8 Å². The van der Waals surface area contributed by atoms with Crippen molar-refractivity contribution in [2.75, 3.05) is 6.61 Å². The highest BCUT2D eigenvalue weighted by atomic mass is 19.4. The summed E-state index contributed by atoms with van der Waals surface area (Å²) in [4.78, 5) is 12.2. The van der Waals surface area contributed by atoms with Crippen molar-refractivity contribution >= 4 is 5.91 Å². The van der Waals surface area contributed by atoms with E-state index in [1.54, 1.807) is 0 Å². The fourth-order valence-corrected chi connectivity index (χ4v) is 3.20.